The predicted molar refractivity (Wildman–Crippen MR) is 136 cm³/mol. The van der Waals surface area contributed by atoms with Gasteiger partial charge in [-0.15, -0.1) is 0 Å². The van der Waals surface area contributed by atoms with Gasteiger partial charge in [-0.2, -0.15) is 0 Å². The van der Waals surface area contributed by atoms with Crippen LogP contribution in [-0.4, -0.2) is 40.4 Å². The molecule has 0 spiro atoms. The molecule has 192 valence electrons. The molecule has 0 saturated heterocycles. The Morgan fingerprint density at radius 3 is 2.23 bits per heavy atom. The highest BCUT2D eigenvalue weighted by molar-refractivity contribution is 6.03. The number of nitrogens with zero attached hydrogens (tertiary/aromatic N) is 4. The lowest BCUT2D eigenvalue weighted by molar-refractivity contribution is -0.118. The smallest absolute Gasteiger partial charge is 0.247 e. The van der Waals surface area contributed by atoms with E-state index < -0.39 is 11.6 Å². The highest BCUT2D eigenvalue weighted by Gasteiger charge is 2.37. The number of aryl methyl sites for hydroxylation is 1. The Labute approximate surface area is 208 Å². The Morgan fingerprint density at radius 1 is 1.06 bits per heavy atom. The number of carbonyl (C=O) groups is 1. The van der Waals surface area contributed by atoms with Gasteiger partial charge in [0.1, 0.15) is 17.6 Å². The summed E-state index contributed by atoms with van der Waals surface area (Å²) in [5, 5.41) is 3.00. The van der Waals surface area contributed by atoms with Crippen LogP contribution in [0.1, 0.15) is 64.2 Å². The molecular formula is C27H39F2N5O. The maximum absolute atomic E-state index is 13.5. The Hall–Kier alpha value is -2.61. The van der Waals surface area contributed by atoms with Gasteiger partial charge in [0.25, 0.3) is 0 Å². The normalized spacial score (nSPS) is 23.1. The van der Waals surface area contributed by atoms with Gasteiger partial charge in [0.15, 0.2) is 17.5 Å². The zero-order valence-corrected chi connectivity index (χ0v) is 19.7. The molecule has 6 nitrogen and oxygen atoms in total. The lowest BCUT2D eigenvalue weighted by Gasteiger charge is -2.38. The van der Waals surface area contributed by atoms with Crippen molar-refractivity contribution in [2.75, 3.05) is 23.8 Å². The van der Waals surface area contributed by atoms with Gasteiger partial charge < -0.3 is 10.2 Å². The first-order valence-corrected chi connectivity index (χ1v) is 11.8. The molecule has 0 unspecified atom stereocenters. The molecule has 0 radical (unpaired) electrons. The van der Waals surface area contributed by atoms with Crippen LogP contribution in [0.25, 0.3) is 0 Å². The van der Waals surface area contributed by atoms with Crippen molar-refractivity contribution in [3.8, 4) is 0 Å². The van der Waals surface area contributed by atoms with E-state index >= 15 is 0 Å². The zero-order valence-electron chi connectivity index (χ0n) is 19.7. The number of likely N-dealkylation sites (N-methyl/N-ethyl adjacent to an activating group) is 1. The average molecular weight is 488 g/mol. The predicted octanol–water partition coefficient (Wildman–Crippen LogP) is 5.33. The summed E-state index contributed by atoms with van der Waals surface area (Å²) in [6.07, 6.45) is 3.04. The standard InChI is InChI=1S/C25H31F2N5O.2CH4/c1-13(2)23-25(33)30-22-14(3)28-21(29-24(22)31(23)4)7-15-5-16(6-15)10-32-11-17-8-19(26)20(27)9-18(17)12-32;;/h8-9,13,15-16,23H,5-7,10-12H2,1-4H3,(H,30,33);2*1H4/t15?,16?,23-;;/m0../s1. The highest BCUT2D eigenvalue weighted by Crippen LogP contribution is 2.39. The fraction of sp³-hybridized carbons (Fsp3) is 0.593. The van der Waals surface area contributed by atoms with Crippen LogP contribution >= 0.6 is 0 Å². The monoisotopic (exact) mass is 487 g/mol. The van der Waals surface area contributed by atoms with Crippen LogP contribution in [0, 0.1) is 36.3 Å². The van der Waals surface area contributed by atoms with E-state index in [9.17, 15) is 13.6 Å². The van der Waals surface area contributed by atoms with Crippen molar-refractivity contribution < 1.29 is 13.6 Å². The second kappa shape index (κ2) is 10.2. The maximum Gasteiger partial charge on any atom is 0.247 e. The van der Waals surface area contributed by atoms with E-state index in [2.05, 4.69) is 15.2 Å². The van der Waals surface area contributed by atoms with Gasteiger partial charge in [-0.25, -0.2) is 18.7 Å². The molecule has 5 rings (SSSR count). The fourth-order valence-electron chi connectivity index (χ4n) is 5.77. The van der Waals surface area contributed by atoms with E-state index in [1.54, 1.807) is 0 Å². The quantitative estimate of drug-likeness (QED) is 0.618. The second-order valence-corrected chi connectivity index (χ2v) is 10.3. The Kier molecular flexibility index (Phi) is 7.84. The van der Waals surface area contributed by atoms with Gasteiger partial charge in [-0.3, -0.25) is 9.69 Å². The summed E-state index contributed by atoms with van der Waals surface area (Å²) in [6, 6.07) is 2.44. The van der Waals surface area contributed by atoms with Crippen LogP contribution in [-0.2, 0) is 24.3 Å². The van der Waals surface area contributed by atoms with E-state index in [-0.39, 0.29) is 32.7 Å². The van der Waals surface area contributed by atoms with Gasteiger partial charge in [0.2, 0.25) is 5.91 Å². The SMILES string of the molecule is C.C.Cc1nc(CC2CC(CN3Cc4cc(F)c(F)cc4C3)C2)nc2c1NC(=O)[C@H](C(C)C)N2C. The minimum absolute atomic E-state index is 0. The molecule has 1 saturated carbocycles. The number of aromatic nitrogens is 2. The molecule has 1 aromatic heterocycles. The molecule has 2 aromatic rings. The largest absolute Gasteiger partial charge is 0.346 e. The number of nitrogens with one attached hydrogen (secondary N) is 1. The summed E-state index contributed by atoms with van der Waals surface area (Å²) in [7, 11) is 1.93. The highest BCUT2D eigenvalue weighted by atomic mass is 19.2. The van der Waals surface area contributed by atoms with Crippen LogP contribution < -0.4 is 10.2 Å². The Balaban J connectivity index is 0.00000171. The van der Waals surface area contributed by atoms with E-state index in [4.69, 9.17) is 4.98 Å². The van der Waals surface area contributed by atoms with E-state index in [1.807, 2.05) is 32.7 Å². The van der Waals surface area contributed by atoms with E-state index in [0.29, 0.717) is 24.9 Å². The van der Waals surface area contributed by atoms with Crippen LogP contribution in [0.4, 0.5) is 20.3 Å². The summed E-state index contributed by atoms with van der Waals surface area (Å²) in [4.78, 5) is 26.3. The Morgan fingerprint density at radius 2 is 1.66 bits per heavy atom. The minimum atomic E-state index is -0.760. The van der Waals surface area contributed by atoms with Crippen molar-refractivity contribution in [2.24, 2.45) is 17.8 Å². The van der Waals surface area contributed by atoms with E-state index in [1.165, 1.54) is 12.1 Å². The molecule has 1 fully saturated rings. The van der Waals surface area contributed by atoms with Crippen molar-refractivity contribution >= 4 is 17.4 Å². The molecule has 1 N–H and O–H groups in total. The Bertz CT molecular complexity index is 1070. The lowest BCUT2D eigenvalue weighted by Crippen LogP contribution is -2.49. The minimum Gasteiger partial charge on any atom is -0.346 e. The average Bonchev–Trinajstić information content (AvgIpc) is 3.08. The number of rotatable bonds is 5. The molecule has 3 aliphatic rings. The van der Waals surface area contributed by atoms with Gasteiger partial charge in [0.05, 0.1) is 5.69 Å². The number of hydrogen-bond acceptors (Lipinski definition) is 5. The van der Waals surface area contributed by atoms with Gasteiger partial charge in [-0.1, -0.05) is 28.7 Å². The molecule has 0 bridgehead atoms. The molecule has 1 aromatic carbocycles. The zero-order chi connectivity index (χ0) is 23.4. The van der Waals surface area contributed by atoms with Crippen LogP contribution in [0.5, 0.6) is 0 Å². The molecular weight excluding hydrogens is 448 g/mol. The summed E-state index contributed by atoms with van der Waals surface area (Å²) >= 11 is 0. The number of carbonyl (C=O) groups excluding carboxylic acids is 1. The number of hydrogen-bond donors (Lipinski definition) is 1. The molecule has 2 aliphatic heterocycles. The van der Waals surface area contributed by atoms with Crippen molar-refractivity contribution in [2.45, 2.75) is 74.0 Å². The lowest BCUT2D eigenvalue weighted by atomic mass is 9.73. The van der Waals surface area contributed by atoms with Crippen LogP contribution in [0.3, 0.4) is 0 Å². The number of halogens is 2. The molecule has 35 heavy (non-hydrogen) atoms. The van der Waals surface area contributed by atoms with Gasteiger partial charge in [-0.05, 0) is 60.8 Å². The topological polar surface area (TPSA) is 61.4 Å². The number of anilines is 2. The van der Waals surface area contributed by atoms with E-state index in [0.717, 1.165) is 60.0 Å². The molecule has 8 heteroatoms. The third-order valence-corrected chi connectivity index (χ3v) is 7.37. The second-order valence-electron chi connectivity index (χ2n) is 10.3. The molecule has 1 amide bonds. The number of benzene rings is 1. The van der Waals surface area contributed by atoms with Crippen molar-refractivity contribution in [3.63, 3.8) is 0 Å². The van der Waals surface area contributed by atoms with Crippen molar-refractivity contribution in [1.29, 1.82) is 0 Å². The number of amides is 1. The summed E-state index contributed by atoms with van der Waals surface area (Å²) in [6.45, 7) is 8.34. The van der Waals surface area contributed by atoms with Gasteiger partial charge >= 0.3 is 0 Å². The number of fused-ring (bicyclic) bond motifs is 2. The maximum atomic E-state index is 13.5. The first-order valence-electron chi connectivity index (χ1n) is 11.8. The first-order chi connectivity index (χ1) is 15.7. The van der Waals surface area contributed by atoms with Crippen LogP contribution in [0.15, 0.2) is 12.1 Å². The summed E-state index contributed by atoms with van der Waals surface area (Å²) < 4.78 is 27.0. The van der Waals surface area contributed by atoms with Gasteiger partial charge in [0, 0.05) is 33.1 Å². The molecule has 3 heterocycles. The summed E-state index contributed by atoms with van der Waals surface area (Å²) in [5.74, 6) is 1.42. The molecule has 1 atom stereocenters. The van der Waals surface area contributed by atoms with Crippen molar-refractivity contribution in [3.05, 3.63) is 46.4 Å². The third kappa shape index (κ3) is 5.03. The first kappa shape index (κ1) is 27.0. The molecule has 1 aliphatic carbocycles. The third-order valence-electron chi connectivity index (χ3n) is 7.37. The summed E-state index contributed by atoms with van der Waals surface area (Å²) in [5.41, 5.74) is 3.33. The fourth-order valence-corrected chi connectivity index (χ4v) is 5.77. The van der Waals surface area contributed by atoms with Crippen LogP contribution in [0.2, 0.25) is 0 Å². The van der Waals surface area contributed by atoms with Crippen molar-refractivity contribution in [1.82, 2.24) is 14.9 Å².